The number of hydrogen-bond donors (Lipinski definition) is 3. The van der Waals surface area contributed by atoms with E-state index in [0.717, 1.165) is 4.57 Å². The Morgan fingerprint density at radius 1 is 1.79 bits per heavy atom. The van der Waals surface area contributed by atoms with Crippen molar-refractivity contribution in [1.82, 2.24) is 9.55 Å². The summed E-state index contributed by atoms with van der Waals surface area (Å²) in [6.07, 6.45) is -0.799. The first-order chi connectivity index (χ1) is 9.02. The Labute approximate surface area is 106 Å². The molecule has 0 bridgehead atoms. The molecule has 2 rings (SSSR count). The summed E-state index contributed by atoms with van der Waals surface area (Å²) in [6, 6.07) is 1.39. The fraction of sp³-hybridized carbons (Fsp3) is 0.556. The van der Waals surface area contributed by atoms with Crippen LogP contribution in [0.2, 0.25) is 0 Å². The van der Waals surface area contributed by atoms with Crippen molar-refractivity contribution >= 4 is 5.82 Å². The number of rotatable bonds is 3. The fourth-order valence-corrected chi connectivity index (χ4v) is 1.89. The average Bonchev–Trinajstić information content (AvgIpc) is 2.67. The number of aliphatic hydroxyl groups is 2. The van der Waals surface area contributed by atoms with Crippen LogP contribution in [0.4, 0.5) is 5.82 Å². The van der Waals surface area contributed by atoms with Gasteiger partial charge in [-0.2, -0.15) is 4.98 Å². The first kappa shape index (κ1) is 13.3. The van der Waals surface area contributed by atoms with Gasteiger partial charge in [0.2, 0.25) is 0 Å². The van der Waals surface area contributed by atoms with Gasteiger partial charge >= 0.3 is 5.69 Å². The first-order valence-corrected chi connectivity index (χ1v) is 5.40. The van der Waals surface area contributed by atoms with E-state index in [9.17, 15) is 15.0 Å². The Bertz CT molecular complexity index is 582. The topological polar surface area (TPSA) is 159 Å². The van der Waals surface area contributed by atoms with E-state index in [-0.39, 0.29) is 12.2 Å². The summed E-state index contributed by atoms with van der Waals surface area (Å²) in [7, 11) is 0. The number of aliphatic hydroxyl groups excluding tert-OH is 2. The molecule has 4 N–H and O–H groups in total. The predicted molar refractivity (Wildman–Crippen MR) is 62.6 cm³/mol. The third-order valence-corrected chi connectivity index (χ3v) is 2.89. The van der Waals surface area contributed by atoms with Crippen molar-refractivity contribution in [2.75, 3.05) is 12.3 Å². The lowest BCUT2D eigenvalue weighted by molar-refractivity contribution is -0.124. The SMILES string of the molecule is [N-]=[N+]=NC1(CO)O[C@@H](n2ccc(N)nc2=O)C[C@@H]1O. The molecule has 1 aliphatic rings. The van der Waals surface area contributed by atoms with Gasteiger partial charge in [0.15, 0.2) is 5.72 Å². The van der Waals surface area contributed by atoms with E-state index >= 15 is 0 Å². The van der Waals surface area contributed by atoms with Crippen molar-refractivity contribution < 1.29 is 14.9 Å². The summed E-state index contributed by atoms with van der Waals surface area (Å²) in [5.41, 5.74) is 11.4. The number of azide groups is 1. The van der Waals surface area contributed by atoms with Gasteiger partial charge in [-0.25, -0.2) is 4.79 Å². The van der Waals surface area contributed by atoms with Crippen LogP contribution in [0.5, 0.6) is 0 Å². The highest BCUT2D eigenvalue weighted by atomic mass is 16.6. The Hall–Kier alpha value is -2.13. The summed E-state index contributed by atoms with van der Waals surface area (Å²) in [6.45, 7) is -0.703. The van der Waals surface area contributed by atoms with Crippen LogP contribution in [0.25, 0.3) is 10.4 Å². The molecule has 0 aliphatic carbocycles. The van der Waals surface area contributed by atoms with Crippen LogP contribution in [0, 0.1) is 0 Å². The van der Waals surface area contributed by atoms with Gasteiger partial charge in [-0.3, -0.25) is 4.57 Å². The molecule has 0 amide bonds. The van der Waals surface area contributed by atoms with Crippen LogP contribution < -0.4 is 11.4 Å². The number of aromatic nitrogens is 2. The zero-order valence-electron chi connectivity index (χ0n) is 9.75. The molecule has 1 aliphatic heterocycles. The average molecular weight is 268 g/mol. The quantitative estimate of drug-likeness (QED) is 0.366. The summed E-state index contributed by atoms with van der Waals surface area (Å²) in [4.78, 5) is 17.7. The second-order valence-corrected chi connectivity index (χ2v) is 4.06. The zero-order chi connectivity index (χ0) is 14.0. The molecule has 102 valence electrons. The van der Waals surface area contributed by atoms with Crippen LogP contribution in [-0.2, 0) is 4.74 Å². The van der Waals surface area contributed by atoms with Gasteiger partial charge in [-0.1, -0.05) is 5.11 Å². The number of ether oxygens (including phenoxy) is 1. The molecule has 0 aromatic carbocycles. The van der Waals surface area contributed by atoms with E-state index in [0.29, 0.717) is 0 Å². The molecular formula is C9H12N6O4. The van der Waals surface area contributed by atoms with E-state index < -0.39 is 30.4 Å². The van der Waals surface area contributed by atoms with Crippen molar-refractivity contribution in [3.63, 3.8) is 0 Å². The number of nitrogens with zero attached hydrogens (tertiary/aromatic N) is 5. The van der Waals surface area contributed by atoms with Gasteiger partial charge in [0.1, 0.15) is 12.0 Å². The van der Waals surface area contributed by atoms with E-state index in [1.165, 1.54) is 12.3 Å². The summed E-state index contributed by atoms with van der Waals surface area (Å²) >= 11 is 0. The minimum Gasteiger partial charge on any atom is -0.393 e. The maximum Gasteiger partial charge on any atom is 0.351 e. The minimum atomic E-state index is -1.79. The maximum atomic E-state index is 11.6. The molecule has 0 saturated carbocycles. The van der Waals surface area contributed by atoms with Crippen LogP contribution >= 0.6 is 0 Å². The minimum absolute atomic E-state index is 0.0227. The summed E-state index contributed by atoms with van der Waals surface area (Å²) in [5, 5.41) is 22.3. The standard InChI is InChI=1S/C9H12N6O4/c10-6-1-2-15(8(18)12-6)7-3-5(17)9(4-16,19-7)13-14-11/h1-2,5,7,16-17H,3-4H2,(H2,10,12,18)/t5-,7+,9?/m0/s1. The normalized spacial score (nSPS) is 30.0. The highest BCUT2D eigenvalue weighted by Gasteiger charge is 2.48. The molecular weight excluding hydrogens is 256 g/mol. The zero-order valence-corrected chi connectivity index (χ0v) is 9.75. The smallest absolute Gasteiger partial charge is 0.351 e. The van der Waals surface area contributed by atoms with E-state index in [1.807, 2.05) is 0 Å². The Balaban J connectivity index is 2.35. The lowest BCUT2D eigenvalue weighted by atomic mass is 10.1. The second-order valence-electron chi connectivity index (χ2n) is 4.06. The lowest BCUT2D eigenvalue weighted by Gasteiger charge is -2.24. The van der Waals surface area contributed by atoms with E-state index in [2.05, 4.69) is 15.0 Å². The van der Waals surface area contributed by atoms with Gasteiger partial charge < -0.3 is 20.7 Å². The number of nitrogens with two attached hydrogens (primary N) is 1. The van der Waals surface area contributed by atoms with Crippen molar-refractivity contribution in [2.24, 2.45) is 5.11 Å². The van der Waals surface area contributed by atoms with Crippen LogP contribution in [-0.4, -0.2) is 38.2 Å². The van der Waals surface area contributed by atoms with E-state index in [4.69, 9.17) is 16.0 Å². The van der Waals surface area contributed by atoms with Crippen LogP contribution in [0.15, 0.2) is 22.2 Å². The molecule has 1 aromatic heterocycles. The fourth-order valence-electron chi connectivity index (χ4n) is 1.89. The number of hydrogen-bond acceptors (Lipinski definition) is 7. The highest BCUT2D eigenvalue weighted by Crippen LogP contribution is 2.37. The molecule has 10 heteroatoms. The van der Waals surface area contributed by atoms with Crippen molar-refractivity contribution in [1.29, 1.82) is 0 Å². The molecule has 1 unspecified atom stereocenters. The third-order valence-electron chi connectivity index (χ3n) is 2.89. The molecule has 0 radical (unpaired) electrons. The molecule has 1 fully saturated rings. The molecule has 1 aromatic rings. The molecule has 1 saturated heterocycles. The van der Waals surface area contributed by atoms with Gasteiger partial charge in [0.05, 0.1) is 12.7 Å². The van der Waals surface area contributed by atoms with Gasteiger partial charge in [-0.05, 0) is 11.6 Å². The van der Waals surface area contributed by atoms with Gasteiger partial charge in [0, 0.05) is 17.5 Å². The number of anilines is 1. The maximum absolute atomic E-state index is 11.6. The molecule has 2 heterocycles. The van der Waals surface area contributed by atoms with Crippen LogP contribution in [0.3, 0.4) is 0 Å². The monoisotopic (exact) mass is 268 g/mol. The second kappa shape index (κ2) is 4.86. The first-order valence-electron chi connectivity index (χ1n) is 5.40. The molecule has 0 spiro atoms. The van der Waals surface area contributed by atoms with Gasteiger partial charge in [0.25, 0.3) is 0 Å². The molecule has 10 nitrogen and oxygen atoms in total. The highest BCUT2D eigenvalue weighted by molar-refractivity contribution is 5.23. The Kier molecular flexibility index (Phi) is 3.40. The molecule has 19 heavy (non-hydrogen) atoms. The summed E-state index contributed by atoms with van der Waals surface area (Å²) in [5.74, 6) is 0.0586. The van der Waals surface area contributed by atoms with Crippen molar-refractivity contribution in [3.8, 4) is 0 Å². The Morgan fingerprint density at radius 2 is 2.53 bits per heavy atom. The Morgan fingerprint density at radius 3 is 3.11 bits per heavy atom. The predicted octanol–water partition coefficient (Wildman–Crippen LogP) is -0.896. The lowest BCUT2D eigenvalue weighted by Crippen LogP contribution is -2.40. The third kappa shape index (κ3) is 2.25. The number of nitrogen functional groups attached to an aromatic ring is 1. The van der Waals surface area contributed by atoms with Crippen molar-refractivity contribution in [3.05, 3.63) is 33.2 Å². The van der Waals surface area contributed by atoms with Crippen LogP contribution in [0.1, 0.15) is 12.6 Å². The summed E-state index contributed by atoms with van der Waals surface area (Å²) < 4.78 is 6.42. The molecule has 3 atom stereocenters. The van der Waals surface area contributed by atoms with Crippen molar-refractivity contribution in [2.45, 2.75) is 24.5 Å². The largest absolute Gasteiger partial charge is 0.393 e. The van der Waals surface area contributed by atoms with E-state index in [1.54, 1.807) is 0 Å². The van der Waals surface area contributed by atoms with Gasteiger partial charge in [-0.15, -0.1) is 0 Å².